The van der Waals surface area contributed by atoms with Crippen molar-refractivity contribution < 1.29 is 9.59 Å². The zero-order valence-corrected chi connectivity index (χ0v) is 10.5. The summed E-state index contributed by atoms with van der Waals surface area (Å²) in [7, 11) is 0. The summed E-state index contributed by atoms with van der Waals surface area (Å²) in [5, 5.41) is 4.92. The van der Waals surface area contributed by atoms with Crippen LogP contribution >= 0.6 is 0 Å². The van der Waals surface area contributed by atoms with Gasteiger partial charge in [0, 0.05) is 18.6 Å². The lowest BCUT2D eigenvalue weighted by molar-refractivity contribution is -0.121. The summed E-state index contributed by atoms with van der Waals surface area (Å²) in [6.07, 6.45) is 2.09. The van der Waals surface area contributed by atoms with E-state index in [0.29, 0.717) is 6.54 Å². The van der Waals surface area contributed by atoms with E-state index in [1.807, 2.05) is 18.7 Å². The molecule has 6 nitrogen and oxygen atoms in total. The molecule has 98 valence electrons. The Morgan fingerprint density at radius 2 is 2.18 bits per heavy atom. The van der Waals surface area contributed by atoms with Crippen molar-refractivity contribution in [3.8, 4) is 0 Å². The SMILES string of the molecule is CC(C)NC(=O)NC(=O)CN1CCCC1CN. The van der Waals surface area contributed by atoms with Crippen LogP contribution in [0.2, 0.25) is 0 Å². The Balaban J connectivity index is 2.31. The van der Waals surface area contributed by atoms with Gasteiger partial charge in [0.1, 0.15) is 0 Å². The van der Waals surface area contributed by atoms with Crippen LogP contribution in [0, 0.1) is 0 Å². The Kier molecular flexibility index (Phi) is 5.37. The van der Waals surface area contributed by atoms with Gasteiger partial charge in [-0.1, -0.05) is 0 Å². The molecule has 1 saturated heterocycles. The quantitative estimate of drug-likeness (QED) is 0.628. The largest absolute Gasteiger partial charge is 0.336 e. The van der Waals surface area contributed by atoms with Crippen LogP contribution in [0.5, 0.6) is 0 Å². The molecule has 1 heterocycles. The van der Waals surface area contributed by atoms with Gasteiger partial charge in [0.05, 0.1) is 6.54 Å². The fraction of sp³-hybridized carbons (Fsp3) is 0.818. The highest BCUT2D eigenvalue weighted by Crippen LogP contribution is 2.14. The number of imide groups is 1. The van der Waals surface area contributed by atoms with E-state index in [2.05, 4.69) is 10.6 Å². The number of rotatable bonds is 4. The average molecular weight is 242 g/mol. The molecule has 4 N–H and O–H groups in total. The molecule has 0 spiro atoms. The van der Waals surface area contributed by atoms with E-state index in [9.17, 15) is 9.59 Å². The molecule has 1 aliphatic heterocycles. The maximum atomic E-state index is 11.6. The number of nitrogens with two attached hydrogens (primary N) is 1. The smallest absolute Gasteiger partial charge is 0.321 e. The van der Waals surface area contributed by atoms with Gasteiger partial charge in [-0.05, 0) is 33.2 Å². The van der Waals surface area contributed by atoms with Crippen molar-refractivity contribution in [3.63, 3.8) is 0 Å². The molecule has 0 aromatic carbocycles. The van der Waals surface area contributed by atoms with Crippen molar-refractivity contribution >= 4 is 11.9 Å². The highest BCUT2D eigenvalue weighted by molar-refractivity contribution is 5.95. The van der Waals surface area contributed by atoms with Gasteiger partial charge in [-0.2, -0.15) is 0 Å². The first-order valence-corrected chi connectivity index (χ1v) is 6.07. The Hall–Kier alpha value is -1.14. The second kappa shape index (κ2) is 6.56. The maximum Gasteiger partial charge on any atom is 0.321 e. The average Bonchev–Trinajstić information content (AvgIpc) is 2.63. The molecule has 0 aromatic rings. The fourth-order valence-electron chi connectivity index (χ4n) is 2.02. The summed E-state index contributed by atoms with van der Waals surface area (Å²) in [5.74, 6) is -0.275. The third kappa shape index (κ3) is 4.70. The third-order valence-electron chi connectivity index (χ3n) is 2.79. The van der Waals surface area contributed by atoms with E-state index in [1.54, 1.807) is 0 Å². The zero-order chi connectivity index (χ0) is 12.8. The minimum absolute atomic E-state index is 0.0198. The number of urea groups is 1. The van der Waals surface area contributed by atoms with Crippen LogP contribution < -0.4 is 16.4 Å². The summed E-state index contributed by atoms with van der Waals surface area (Å²) in [5.41, 5.74) is 5.61. The number of nitrogens with zero attached hydrogens (tertiary/aromatic N) is 1. The van der Waals surface area contributed by atoms with E-state index < -0.39 is 6.03 Å². The minimum Gasteiger partial charge on any atom is -0.336 e. The molecule has 1 unspecified atom stereocenters. The third-order valence-corrected chi connectivity index (χ3v) is 2.79. The van der Waals surface area contributed by atoms with Crippen LogP contribution in [0.1, 0.15) is 26.7 Å². The topological polar surface area (TPSA) is 87.5 Å². The molecule has 1 aliphatic rings. The zero-order valence-electron chi connectivity index (χ0n) is 10.5. The van der Waals surface area contributed by atoms with Gasteiger partial charge < -0.3 is 11.1 Å². The molecule has 1 atom stereocenters. The highest BCUT2D eigenvalue weighted by atomic mass is 16.2. The Bertz CT molecular complexity index is 281. The molecule has 1 fully saturated rings. The lowest BCUT2D eigenvalue weighted by atomic mass is 10.2. The molecule has 0 radical (unpaired) electrons. The number of nitrogens with one attached hydrogen (secondary N) is 2. The van der Waals surface area contributed by atoms with Gasteiger partial charge in [0.25, 0.3) is 0 Å². The summed E-state index contributed by atoms with van der Waals surface area (Å²) < 4.78 is 0. The molecule has 0 bridgehead atoms. The monoisotopic (exact) mass is 242 g/mol. The molecule has 6 heteroatoms. The predicted octanol–water partition coefficient (Wildman–Crippen LogP) is -0.356. The van der Waals surface area contributed by atoms with Crippen LogP contribution in [-0.2, 0) is 4.79 Å². The Labute approximate surface area is 102 Å². The van der Waals surface area contributed by atoms with Crippen molar-refractivity contribution in [2.75, 3.05) is 19.6 Å². The number of carbonyl (C=O) groups is 2. The van der Waals surface area contributed by atoms with Crippen molar-refractivity contribution in [2.45, 2.75) is 38.8 Å². The second-order valence-electron chi connectivity index (χ2n) is 4.68. The Morgan fingerprint density at radius 1 is 1.47 bits per heavy atom. The summed E-state index contributed by atoms with van der Waals surface area (Å²) >= 11 is 0. The molecular weight excluding hydrogens is 220 g/mol. The molecule has 0 aliphatic carbocycles. The summed E-state index contributed by atoms with van der Waals surface area (Å²) in [4.78, 5) is 24.9. The first-order chi connectivity index (χ1) is 8.02. The van der Waals surface area contributed by atoms with E-state index >= 15 is 0 Å². The van der Waals surface area contributed by atoms with Crippen molar-refractivity contribution in [3.05, 3.63) is 0 Å². The van der Waals surface area contributed by atoms with Crippen molar-refractivity contribution in [1.82, 2.24) is 15.5 Å². The van der Waals surface area contributed by atoms with Gasteiger partial charge in [-0.15, -0.1) is 0 Å². The second-order valence-corrected chi connectivity index (χ2v) is 4.68. The normalized spacial score (nSPS) is 20.6. The van der Waals surface area contributed by atoms with Crippen molar-refractivity contribution in [2.24, 2.45) is 5.73 Å². The van der Waals surface area contributed by atoms with Crippen molar-refractivity contribution in [1.29, 1.82) is 0 Å². The number of likely N-dealkylation sites (tertiary alicyclic amines) is 1. The van der Waals surface area contributed by atoms with Gasteiger partial charge in [0.15, 0.2) is 0 Å². The van der Waals surface area contributed by atoms with Crippen LogP contribution in [0.15, 0.2) is 0 Å². The highest BCUT2D eigenvalue weighted by Gasteiger charge is 2.25. The fourth-order valence-corrected chi connectivity index (χ4v) is 2.02. The molecule has 3 amide bonds. The molecule has 17 heavy (non-hydrogen) atoms. The molecule has 0 saturated carbocycles. The van der Waals surface area contributed by atoms with Gasteiger partial charge in [-0.25, -0.2) is 4.79 Å². The molecule has 0 aromatic heterocycles. The van der Waals surface area contributed by atoms with Crippen LogP contribution in [0.3, 0.4) is 0 Å². The van der Waals surface area contributed by atoms with Gasteiger partial charge in [-0.3, -0.25) is 15.0 Å². The number of hydrogen-bond donors (Lipinski definition) is 3. The number of carbonyl (C=O) groups excluding carboxylic acids is 2. The molecule has 1 rings (SSSR count). The minimum atomic E-state index is -0.437. The molecular formula is C11H22N4O2. The maximum absolute atomic E-state index is 11.6. The lowest BCUT2D eigenvalue weighted by Gasteiger charge is -2.22. The number of amides is 3. The van der Waals surface area contributed by atoms with Gasteiger partial charge >= 0.3 is 6.03 Å². The van der Waals surface area contributed by atoms with Gasteiger partial charge in [0.2, 0.25) is 5.91 Å². The summed E-state index contributed by atoms with van der Waals surface area (Å²) in [6, 6.07) is -0.145. The first kappa shape index (κ1) is 13.9. The van der Waals surface area contributed by atoms with Crippen LogP contribution in [0.4, 0.5) is 4.79 Å². The Morgan fingerprint density at radius 3 is 2.76 bits per heavy atom. The van der Waals surface area contributed by atoms with Crippen LogP contribution in [-0.4, -0.2) is 48.6 Å². The van der Waals surface area contributed by atoms with E-state index in [1.165, 1.54) is 0 Å². The van der Waals surface area contributed by atoms with E-state index in [4.69, 9.17) is 5.73 Å². The summed E-state index contributed by atoms with van der Waals surface area (Å²) in [6.45, 7) is 5.36. The van der Waals surface area contributed by atoms with E-state index in [0.717, 1.165) is 19.4 Å². The predicted molar refractivity (Wildman–Crippen MR) is 65.5 cm³/mol. The first-order valence-electron chi connectivity index (χ1n) is 6.07. The lowest BCUT2D eigenvalue weighted by Crippen LogP contribution is -2.48. The van der Waals surface area contributed by atoms with Crippen LogP contribution in [0.25, 0.3) is 0 Å². The standard InChI is InChI=1S/C11H22N4O2/c1-8(2)13-11(17)14-10(16)7-15-5-3-4-9(15)6-12/h8-9H,3-7,12H2,1-2H3,(H2,13,14,16,17). The van der Waals surface area contributed by atoms with E-state index in [-0.39, 0.29) is 24.5 Å². The number of hydrogen-bond acceptors (Lipinski definition) is 4.